The van der Waals surface area contributed by atoms with Gasteiger partial charge in [0, 0.05) is 0 Å². The van der Waals surface area contributed by atoms with Crippen LogP contribution >= 0.6 is 12.2 Å². The van der Waals surface area contributed by atoms with E-state index in [1.807, 2.05) is 24.3 Å². The fraction of sp³-hybridized carbons (Fsp3) is 0.200. The van der Waals surface area contributed by atoms with Crippen LogP contribution in [-0.2, 0) is 4.79 Å². The van der Waals surface area contributed by atoms with Gasteiger partial charge in [-0.25, -0.2) is 4.39 Å². The van der Waals surface area contributed by atoms with Crippen LogP contribution in [0.15, 0.2) is 48.2 Å². The Bertz CT molecular complexity index is 872. The molecule has 3 rings (SSSR count). The second-order valence-corrected chi connectivity index (χ2v) is 6.77. The predicted octanol–water partition coefficient (Wildman–Crippen LogP) is 4.52. The summed E-state index contributed by atoms with van der Waals surface area (Å²) in [6.07, 6.45) is 1.68. The number of hydrogen-bond acceptors (Lipinski definition) is 2. The molecular weight excluding hydrogens is 335 g/mol. The highest BCUT2D eigenvalue weighted by atomic mass is 32.1. The van der Waals surface area contributed by atoms with Gasteiger partial charge in [-0.2, -0.15) is 0 Å². The molecule has 25 heavy (non-hydrogen) atoms. The molecule has 1 heterocycles. The van der Waals surface area contributed by atoms with Gasteiger partial charge in [0.1, 0.15) is 11.5 Å². The number of aryl methyl sites for hydroxylation is 1. The third kappa shape index (κ3) is 3.46. The monoisotopic (exact) mass is 354 g/mol. The van der Waals surface area contributed by atoms with E-state index in [0.717, 1.165) is 11.3 Å². The second kappa shape index (κ2) is 6.76. The summed E-state index contributed by atoms with van der Waals surface area (Å²) >= 11 is 5.32. The maximum Gasteiger partial charge on any atom is 0.281 e. The molecule has 3 nitrogen and oxygen atoms in total. The predicted molar refractivity (Wildman–Crippen MR) is 103 cm³/mol. The SMILES string of the molecule is Cc1cc(C=C2NC(=S)N(c3ccc(C(C)C)cc3)C2=O)ccc1F. The first kappa shape index (κ1) is 17.3. The van der Waals surface area contributed by atoms with Crippen molar-refractivity contribution in [1.29, 1.82) is 0 Å². The molecule has 2 aromatic rings. The molecule has 0 radical (unpaired) electrons. The minimum Gasteiger partial charge on any atom is -0.327 e. The van der Waals surface area contributed by atoms with Crippen LogP contribution in [0.5, 0.6) is 0 Å². The van der Waals surface area contributed by atoms with Crippen LogP contribution in [0.25, 0.3) is 6.08 Å². The Labute approximate surface area is 152 Å². The van der Waals surface area contributed by atoms with Gasteiger partial charge in [-0.1, -0.05) is 32.0 Å². The molecule has 0 atom stereocenters. The molecule has 1 aliphatic rings. The lowest BCUT2D eigenvalue weighted by Gasteiger charge is -2.15. The number of amides is 1. The van der Waals surface area contributed by atoms with E-state index in [4.69, 9.17) is 12.2 Å². The molecule has 1 aliphatic heterocycles. The van der Waals surface area contributed by atoms with Crippen LogP contribution in [0.1, 0.15) is 36.5 Å². The zero-order chi connectivity index (χ0) is 18.1. The summed E-state index contributed by atoms with van der Waals surface area (Å²) in [5, 5.41) is 3.29. The first-order chi connectivity index (χ1) is 11.9. The van der Waals surface area contributed by atoms with Crippen LogP contribution < -0.4 is 10.2 Å². The number of halogens is 1. The fourth-order valence-corrected chi connectivity index (χ4v) is 3.00. The lowest BCUT2D eigenvalue weighted by atomic mass is 10.0. The zero-order valence-corrected chi connectivity index (χ0v) is 15.2. The average molecular weight is 354 g/mol. The zero-order valence-electron chi connectivity index (χ0n) is 14.3. The largest absolute Gasteiger partial charge is 0.327 e. The van der Waals surface area contributed by atoms with Gasteiger partial charge in [-0.3, -0.25) is 9.69 Å². The van der Waals surface area contributed by atoms with Gasteiger partial charge in [0.2, 0.25) is 0 Å². The summed E-state index contributed by atoms with van der Waals surface area (Å²) in [6.45, 7) is 5.93. The van der Waals surface area contributed by atoms with Crippen molar-refractivity contribution in [2.75, 3.05) is 4.90 Å². The quantitative estimate of drug-likeness (QED) is 0.650. The van der Waals surface area contributed by atoms with Gasteiger partial charge in [0.25, 0.3) is 5.91 Å². The van der Waals surface area contributed by atoms with Crippen molar-refractivity contribution in [2.45, 2.75) is 26.7 Å². The number of carbonyl (C=O) groups excluding carboxylic acids is 1. The van der Waals surface area contributed by atoms with Crippen molar-refractivity contribution < 1.29 is 9.18 Å². The summed E-state index contributed by atoms with van der Waals surface area (Å²) in [5.74, 6) is -0.0647. The average Bonchev–Trinajstić information content (AvgIpc) is 2.85. The molecule has 5 heteroatoms. The standard InChI is InChI=1S/C20H19FN2OS/c1-12(2)15-5-7-16(8-6-15)23-19(24)18(22-20(23)25)11-14-4-9-17(21)13(3)10-14/h4-12H,1-3H3,(H,22,25). The third-order valence-electron chi connectivity index (χ3n) is 4.19. The highest BCUT2D eigenvalue weighted by Crippen LogP contribution is 2.25. The van der Waals surface area contributed by atoms with Crippen LogP contribution in [-0.4, -0.2) is 11.0 Å². The topological polar surface area (TPSA) is 32.3 Å². The normalized spacial score (nSPS) is 16.0. The maximum atomic E-state index is 13.4. The van der Waals surface area contributed by atoms with Crippen LogP contribution in [0.3, 0.4) is 0 Å². The molecule has 1 fully saturated rings. The minimum absolute atomic E-state index is 0.218. The van der Waals surface area contributed by atoms with Crippen LogP contribution in [0, 0.1) is 12.7 Å². The highest BCUT2D eigenvalue weighted by molar-refractivity contribution is 7.80. The van der Waals surface area contributed by atoms with Crippen molar-refractivity contribution >= 4 is 35.0 Å². The van der Waals surface area contributed by atoms with E-state index in [1.165, 1.54) is 16.5 Å². The maximum absolute atomic E-state index is 13.4. The molecule has 128 valence electrons. The Kier molecular flexibility index (Phi) is 4.68. The van der Waals surface area contributed by atoms with Gasteiger partial charge < -0.3 is 5.32 Å². The van der Waals surface area contributed by atoms with E-state index in [-0.39, 0.29) is 11.7 Å². The number of nitrogens with zero attached hydrogens (tertiary/aromatic N) is 1. The number of anilines is 1. The number of hydrogen-bond donors (Lipinski definition) is 1. The molecule has 1 saturated heterocycles. The number of benzene rings is 2. The van der Waals surface area contributed by atoms with E-state index >= 15 is 0 Å². The van der Waals surface area contributed by atoms with Crippen LogP contribution in [0.4, 0.5) is 10.1 Å². The first-order valence-corrected chi connectivity index (χ1v) is 8.51. The van der Waals surface area contributed by atoms with E-state index in [9.17, 15) is 9.18 Å². The van der Waals surface area contributed by atoms with Gasteiger partial charge in [0.15, 0.2) is 5.11 Å². The van der Waals surface area contributed by atoms with E-state index < -0.39 is 0 Å². The van der Waals surface area contributed by atoms with Crippen molar-refractivity contribution in [3.63, 3.8) is 0 Å². The number of thiocarbonyl (C=S) groups is 1. The van der Waals surface area contributed by atoms with E-state index in [0.29, 0.717) is 22.3 Å². The minimum atomic E-state index is -0.268. The van der Waals surface area contributed by atoms with E-state index in [2.05, 4.69) is 19.2 Å². The van der Waals surface area contributed by atoms with E-state index in [1.54, 1.807) is 25.1 Å². The second-order valence-electron chi connectivity index (χ2n) is 6.38. The fourth-order valence-electron chi connectivity index (χ4n) is 2.70. The van der Waals surface area contributed by atoms with Crippen molar-refractivity contribution in [3.05, 3.63) is 70.7 Å². The summed E-state index contributed by atoms with van der Waals surface area (Å²) < 4.78 is 13.4. The number of carbonyl (C=O) groups is 1. The highest BCUT2D eigenvalue weighted by Gasteiger charge is 2.31. The summed E-state index contributed by atoms with van der Waals surface area (Å²) in [5.41, 5.74) is 3.58. The molecular formula is C20H19FN2OS. The first-order valence-electron chi connectivity index (χ1n) is 8.10. The Morgan fingerprint density at radius 2 is 1.84 bits per heavy atom. The molecule has 0 unspecified atom stereocenters. The van der Waals surface area contributed by atoms with Crippen LogP contribution in [0.2, 0.25) is 0 Å². The summed E-state index contributed by atoms with van der Waals surface area (Å²) in [7, 11) is 0. The van der Waals surface area contributed by atoms with Crippen molar-refractivity contribution in [2.24, 2.45) is 0 Å². The molecule has 0 bridgehead atoms. The molecule has 2 aromatic carbocycles. The Morgan fingerprint density at radius 3 is 2.44 bits per heavy atom. The van der Waals surface area contributed by atoms with Gasteiger partial charge in [0.05, 0.1) is 5.69 Å². The number of rotatable bonds is 3. The molecule has 1 N–H and O–H groups in total. The van der Waals surface area contributed by atoms with Crippen molar-refractivity contribution in [3.8, 4) is 0 Å². The van der Waals surface area contributed by atoms with Gasteiger partial charge >= 0.3 is 0 Å². The molecule has 0 spiro atoms. The molecule has 0 aromatic heterocycles. The lowest BCUT2D eigenvalue weighted by Crippen LogP contribution is -2.30. The molecule has 1 amide bonds. The van der Waals surface area contributed by atoms with Gasteiger partial charge in [-0.15, -0.1) is 0 Å². The molecule has 0 aliphatic carbocycles. The Balaban J connectivity index is 1.89. The Hall–Kier alpha value is -2.53. The molecule has 0 saturated carbocycles. The summed E-state index contributed by atoms with van der Waals surface area (Å²) in [4.78, 5) is 14.2. The van der Waals surface area contributed by atoms with Crippen molar-refractivity contribution in [1.82, 2.24) is 5.32 Å². The summed E-state index contributed by atoms with van der Waals surface area (Å²) in [6, 6.07) is 12.5. The smallest absolute Gasteiger partial charge is 0.281 e. The third-order valence-corrected chi connectivity index (χ3v) is 4.47. The number of nitrogens with one attached hydrogen (secondary N) is 1. The lowest BCUT2D eigenvalue weighted by molar-refractivity contribution is -0.113. The van der Waals surface area contributed by atoms with Gasteiger partial charge in [-0.05, 0) is 72.1 Å². The Morgan fingerprint density at radius 1 is 1.16 bits per heavy atom.